The summed E-state index contributed by atoms with van der Waals surface area (Å²) in [4.78, 5) is 47.3. The van der Waals surface area contributed by atoms with Gasteiger partial charge in [-0.3, -0.25) is 14.5 Å². The van der Waals surface area contributed by atoms with Crippen molar-refractivity contribution >= 4 is 34.6 Å². The molecule has 8 nitrogen and oxygen atoms in total. The molecule has 4 amide bonds. The van der Waals surface area contributed by atoms with Gasteiger partial charge in [0.15, 0.2) is 0 Å². The average Bonchev–Trinajstić information content (AvgIpc) is 3.40. The highest BCUT2D eigenvalue weighted by Crippen LogP contribution is 2.32. The summed E-state index contributed by atoms with van der Waals surface area (Å²) in [5.74, 6) is -0.156. The van der Waals surface area contributed by atoms with Crippen LogP contribution in [-0.2, 0) is 15.1 Å². The third kappa shape index (κ3) is 3.69. The number of para-hydroxylation sites is 2. The van der Waals surface area contributed by atoms with Gasteiger partial charge < -0.3 is 15.6 Å². The summed E-state index contributed by atoms with van der Waals surface area (Å²) in [5.41, 5.74) is 2.79. The first kappa shape index (κ1) is 21.4. The first-order valence-corrected chi connectivity index (χ1v) is 11.0. The highest BCUT2D eigenvalue weighted by atomic mass is 16.2. The molecular formula is C26H23N5O3. The highest BCUT2D eigenvalue weighted by Gasteiger charge is 2.51. The zero-order valence-corrected chi connectivity index (χ0v) is 18.5. The number of rotatable bonds is 6. The van der Waals surface area contributed by atoms with Crippen LogP contribution < -0.4 is 10.6 Å². The Labute approximate surface area is 196 Å². The normalized spacial score (nSPS) is 17.7. The van der Waals surface area contributed by atoms with E-state index in [0.29, 0.717) is 17.7 Å². The second kappa shape index (κ2) is 8.47. The first-order valence-electron chi connectivity index (χ1n) is 11.0. The van der Waals surface area contributed by atoms with Gasteiger partial charge in [-0.15, -0.1) is 0 Å². The van der Waals surface area contributed by atoms with Crippen LogP contribution in [0.4, 0.5) is 10.5 Å². The second-order valence-corrected chi connectivity index (χ2v) is 8.17. The number of nitrogens with one attached hydrogen (secondary N) is 3. The number of imide groups is 1. The minimum Gasteiger partial charge on any atom is -0.338 e. The first-order chi connectivity index (χ1) is 16.5. The molecule has 170 valence electrons. The second-order valence-electron chi connectivity index (χ2n) is 8.17. The summed E-state index contributed by atoms with van der Waals surface area (Å²) >= 11 is 0. The molecule has 0 bridgehead atoms. The number of aromatic amines is 1. The van der Waals surface area contributed by atoms with Gasteiger partial charge in [0.25, 0.3) is 5.91 Å². The van der Waals surface area contributed by atoms with Gasteiger partial charge in [0.2, 0.25) is 5.91 Å². The molecule has 3 N–H and O–H groups in total. The monoisotopic (exact) mass is 453 g/mol. The van der Waals surface area contributed by atoms with Crippen LogP contribution in [0.2, 0.25) is 0 Å². The molecule has 1 atom stereocenters. The summed E-state index contributed by atoms with van der Waals surface area (Å²) in [5, 5.41) is 5.54. The number of H-pyrrole nitrogens is 1. The van der Waals surface area contributed by atoms with Crippen LogP contribution >= 0.6 is 0 Å². The maximum atomic E-state index is 13.2. The van der Waals surface area contributed by atoms with Crippen molar-refractivity contribution in [1.29, 1.82) is 0 Å². The molecule has 0 spiro atoms. The maximum Gasteiger partial charge on any atom is 0.325 e. The number of amides is 4. The number of benzene rings is 3. The molecule has 4 aromatic rings. The van der Waals surface area contributed by atoms with Gasteiger partial charge in [0.05, 0.1) is 11.0 Å². The van der Waals surface area contributed by atoms with E-state index >= 15 is 0 Å². The van der Waals surface area contributed by atoms with Crippen molar-refractivity contribution in [2.75, 3.05) is 11.9 Å². The number of fused-ring (bicyclic) bond motifs is 1. The zero-order valence-electron chi connectivity index (χ0n) is 18.5. The van der Waals surface area contributed by atoms with Crippen LogP contribution in [0.5, 0.6) is 0 Å². The van der Waals surface area contributed by atoms with Crippen LogP contribution in [0.15, 0.2) is 78.9 Å². The van der Waals surface area contributed by atoms with E-state index in [1.807, 2.05) is 61.5 Å². The third-order valence-corrected chi connectivity index (χ3v) is 6.11. The van der Waals surface area contributed by atoms with Crippen molar-refractivity contribution in [3.8, 4) is 11.4 Å². The summed E-state index contributed by atoms with van der Waals surface area (Å²) in [7, 11) is 0. The molecule has 1 aliphatic rings. The van der Waals surface area contributed by atoms with Gasteiger partial charge in [-0.2, -0.15) is 0 Å². The number of nitrogens with zero attached hydrogens (tertiary/aromatic N) is 2. The number of carbonyl (C=O) groups is 3. The van der Waals surface area contributed by atoms with E-state index in [2.05, 4.69) is 20.6 Å². The fraction of sp³-hybridized carbons (Fsp3) is 0.154. The van der Waals surface area contributed by atoms with Crippen molar-refractivity contribution in [2.45, 2.75) is 18.9 Å². The number of carbonyl (C=O) groups excluding carboxylic acids is 3. The summed E-state index contributed by atoms with van der Waals surface area (Å²) < 4.78 is 0. The van der Waals surface area contributed by atoms with E-state index in [0.717, 1.165) is 27.3 Å². The minimum atomic E-state index is -1.16. The number of hydrogen-bond donors (Lipinski definition) is 3. The van der Waals surface area contributed by atoms with Gasteiger partial charge in [0.1, 0.15) is 17.9 Å². The topological polar surface area (TPSA) is 107 Å². The molecule has 1 saturated heterocycles. The average molecular weight is 454 g/mol. The van der Waals surface area contributed by atoms with Gasteiger partial charge in [0, 0.05) is 11.3 Å². The van der Waals surface area contributed by atoms with E-state index in [-0.39, 0.29) is 6.54 Å². The molecule has 1 unspecified atom stereocenters. The van der Waals surface area contributed by atoms with Crippen LogP contribution in [0.3, 0.4) is 0 Å². The Balaban J connectivity index is 1.28. The van der Waals surface area contributed by atoms with E-state index in [1.54, 1.807) is 24.3 Å². The summed E-state index contributed by atoms with van der Waals surface area (Å²) in [6.07, 6.45) is 0.378. The van der Waals surface area contributed by atoms with Crippen molar-refractivity contribution in [3.63, 3.8) is 0 Å². The van der Waals surface area contributed by atoms with Gasteiger partial charge in [-0.1, -0.05) is 49.4 Å². The Morgan fingerprint density at radius 2 is 1.68 bits per heavy atom. The molecule has 1 aliphatic heterocycles. The molecule has 0 aliphatic carbocycles. The van der Waals surface area contributed by atoms with Gasteiger partial charge in [-0.25, -0.2) is 9.78 Å². The lowest BCUT2D eigenvalue weighted by molar-refractivity contribution is -0.134. The minimum absolute atomic E-state index is 0.370. The van der Waals surface area contributed by atoms with Crippen LogP contribution in [0.1, 0.15) is 18.9 Å². The molecular weight excluding hydrogens is 430 g/mol. The van der Waals surface area contributed by atoms with Crippen molar-refractivity contribution in [1.82, 2.24) is 20.2 Å². The van der Waals surface area contributed by atoms with Crippen molar-refractivity contribution in [3.05, 3.63) is 84.4 Å². The standard InChI is InChI=1S/C26H23N5O3/c1-2-26(18-8-4-3-5-9-18)24(33)31(25(34)30-26)16-22(32)27-19-14-12-17(13-15-19)23-28-20-10-6-7-11-21(20)29-23/h3-15H,2,16H2,1H3,(H,27,32)(H,28,29)(H,30,34). The Bertz CT molecular complexity index is 1350. The fourth-order valence-corrected chi connectivity index (χ4v) is 4.28. The Kier molecular flexibility index (Phi) is 5.33. The lowest BCUT2D eigenvalue weighted by Crippen LogP contribution is -2.44. The fourth-order valence-electron chi connectivity index (χ4n) is 4.28. The highest BCUT2D eigenvalue weighted by molar-refractivity contribution is 6.10. The lowest BCUT2D eigenvalue weighted by atomic mass is 9.87. The SMILES string of the molecule is CCC1(c2ccccc2)NC(=O)N(CC(=O)Nc2ccc(-c3nc4ccccc4[nH]3)cc2)C1=O. The molecule has 0 radical (unpaired) electrons. The predicted molar refractivity (Wildman–Crippen MR) is 129 cm³/mol. The van der Waals surface area contributed by atoms with Crippen LogP contribution in [0.25, 0.3) is 22.4 Å². The third-order valence-electron chi connectivity index (χ3n) is 6.11. The number of urea groups is 1. The summed E-state index contributed by atoms with van der Waals surface area (Å²) in [6.45, 7) is 1.46. The van der Waals surface area contributed by atoms with Crippen LogP contribution in [0, 0.1) is 0 Å². The van der Waals surface area contributed by atoms with Gasteiger partial charge in [-0.05, 0) is 48.4 Å². The molecule has 34 heavy (non-hydrogen) atoms. The molecule has 1 aromatic heterocycles. The molecule has 1 fully saturated rings. The number of aromatic nitrogens is 2. The number of hydrogen-bond acceptors (Lipinski definition) is 4. The lowest BCUT2D eigenvalue weighted by Gasteiger charge is -2.25. The molecule has 2 heterocycles. The maximum absolute atomic E-state index is 13.2. The van der Waals surface area contributed by atoms with Crippen molar-refractivity contribution in [2.24, 2.45) is 0 Å². The molecule has 3 aromatic carbocycles. The number of imidazole rings is 1. The van der Waals surface area contributed by atoms with Crippen LogP contribution in [-0.4, -0.2) is 39.3 Å². The molecule has 5 rings (SSSR count). The zero-order chi connectivity index (χ0) is 23.7. The van der Waals surface area contributed by atoms with E-state index in [9.17, 15) is 14.4 Å². The van der Waals surface area contributed by atoms with Gasteiger partial charge >= 0.3 is 6.03 Å². The summed E-state index contributed by atoms with van der Waals surface area (Å²) in [6, 6.07) is 23.5. The van der Waals surface area contributed by atoms with E-state index in [4.69, 9.17) is 0 Å². The predicted octanol–water partition coefficient (Wildman–Crippen LogP) is 4.03. The Hall–Kier alpha value is -4.46. The quantitative estimate of drug-likeness (QED) is 0.383. The molecule has 8 heteroatoms. The van der Waals surface area contributed by atoms with E-state index in [1.165, 1.54) is 0 Å². The van der Waals surface area contributed by atoms with E-state index < -0.39 is 23.4 Å². The largest absolute Gasteiger partial charge is 0.338 e. The smallest absolute Gasteiger partial charge is 0.325 e. The Morgan fingerprint density at radius 1 is 0.971 bits per heavy atom. The Morgan fingerprint density at radius 3 is 2.38 bits per heavy atom. The molecule has 0 saturated carbocycles. The number of anilines is 1. The van der Waals surface area contributed by atoms with Crippen molar-refractivity contribution < 1.29 is 14.4 Å².